The number of hydrogen-bond acceptors (Lipinski definition) is 4. The van der Waals surface area contributed by atoms with Gasteiger partial charge in [0.2, 0.25) is 0 Å². The lowest BCUT2D eigenvalue weighted by atomic mass is 10.0. The molecule has 1 aromatic carbocycles. The molecule has 0 aliphatic heterocycles. The first kappa shape index (κ1) is 17.4. The highest BCUT2D eigenvalue weighted by Crippen LogP contribution is 2.40. The maximum atomic E-state index is 13.4. The predicted molar refractivity (Wildman–Crippen MR) is 78.2 cm³/mol. The molecule has 0 aliphatic rings. The van der Waals surface area contributed by atoms with Gasteiger partial charge in [-0.25, -0.2) is 4.79 Å². The van der Waals surface area contributed by atoms with Gasteiger partial charge in [-0.05, 0) is 24.6 Å². The maximum Gasteiger partial charge on any atom is 0.432 e. The van der Waals surface area contributed by atoms with Crippen LogP contribution in [0.15, 0.2) is 24.3 Å². The number of hydrogen-bond donors (Lipinski definition) is 1. The second kappa shape index (κ2) is 6.28. The largest absolute Gasteiger partial charge is 0.508 e. The molecule has 0 aliphatic carbocycles. The van der Waals surface area contributed by atoms with Gasteiger partial charge in [0.25, 0.3) is 0 Å². The van der Waals surface area contributed by atoms with Crippen molar-refractivity contribution in [1.29, 1.82) is 5.26 Å². The lowest BCUT2D eigenvalue weighted by Gasteiger charge is -2.10. The van der Waals surface area contributed by atoms with Gasteiger partial charge in [-0.1, -0.05) is 12.1 Å². The fraction of sp³-hybridized carbons (Fsp3) is 0.250. The van der Waals surface area contributed by atoms with Gasteiger partial charge in [0, 0.05) is 12.6 Å². The second-order valence-electron chi connectivity index (χ2n) is 4.88. The Morgan fingerprint density at radius 3 is 2.38 bits per heavy atom. The number of nitrogens with zero attached hydrogens (tertiary/aromatic N) is 2. The van der Waals surface area contributed by atoms with E-state index < -0.39 is 23.4 Å². The number of phenols is 1. The minimum absolute atomic E-state index is 0.0255. The van der Waals surface area contributed by atoms with Crippen molar-refractivity contribution in [2.45, 2.75) is 13.1 Å². The number of ether oxygens (including phenoxy) is 1. The maximum absolute atomic E-state index is 13.4. The summed E-state index contributed by atoms with van der Waals surface area (Å²) in [7, 11) is 1.06. The van der Waals surface area contributed by atoms with Crippen LogP contribution < -0.4 is 0 Å². The van der Waals surface area contributed by atoms with Crippen LogP contribution in [-0.4, -0.2) is 22.2 Å². The lowest BCUT2D eigenvalue weighted by Crippen LogP contribution is -2.17. The fourth-order valence-electron chi connectivity index (χ4n) is 2.47. The molecule has 2 aromatic rings. The molecule has 0 radical (unpaired) electrons. The van der Waals surface area contributed by atoms with Crippen molar-refractivity contribution in [3.05, 3.63) is 41.2 Å². The number of nitriles is 1. The Bertz CT molecular complexity index is 815. The highest BCUT2D eigenvalue weighted by Gasteiger charge is 2.42. The molecule has 0 unspecified atom stereocenters. The monoisotopic (exact) mass is 338 g/mol. The molecule has 1 heterocycles. The van der Waals surface area contributed by atoms with Crippen LogP contribution in [0.25, 0.3) is 11.1 Å². The average molecular weight is 338 g/mol. The molecule has 0 saturated heterocycles. The van der Waals surface area contributed by atoms with Gasteiger partial charge in [0.15, 0.2) is 0 Å². The van der Waals surface area contributed by atoms with Crippen molar-refractivity contribution in [3.8, 4) is 22.9 Å². The molecule has 2 rings (SSSR count). The van der Waals surface area contributed by atoms with Crippen molar-refractivity contribution in [1.82, 2.24) is 4.57 Å². The predicted octanol–water partition coefficient (Wildman–Crippen LogP) is 3.46. The van der Waals surface area contributed by atoms with Gasteiger partial charge in [-0.3, -0.25) is 0 Å². The molecule has 0 atom stereocenters. The van der Waals surface area contributed by atoms with Crippen molar-refractivity contribution < 1.29 is 27.8 Å². The Balaban J connectivity index is 2.87. The summed E-state index contributed by atoms with van der Waals surface area (Å²) in [5, 5.41) is 18.6. The molecule has 0 fully saturated rings. The summed E-state index contributed by atoms with van der Waals surface area (Å²) in [6.45, 7) is 1.50. The smallest absolute Gasteiger partial charge is 0.432 e. The zero-order chi connectivity index (χ0) is 18.1. The summed E-state index contributed by atoms with van der Waals surface area (Å²) >= 11 is 0. The van der Waals surface area contributed by atoms with Crippen LogP contribution >= 0.6 is 0 Å². The van der Waals surface area contributed by atoms with E-state index in [-0.39, 0.29) is 29.2 Å². The third-order valence-electron chi connectivity index (χ3n) is 3.40. The number of aromatic nitrogens is 1. The van der Waals surface area contributed by atoms with E-state index in [1.807, 2.05) is 0 Å². The van der Waals surface area contributed by atoms with Crippen LogP contribution in [-0.2, 0) is 18.0 Å². The molecule has 0 spiro atoms. The zero-order valence-corrected chi connectivity index (χ0v) is 12.8. The van der Waals surface area contributed by atoms with Crippen LogP contribution in [0.5, 0.6) is 5.75 Å². The third kappa shape index (κ3) is 2.93. The molecule has 1 aromatic heterocycles. The van der Waals surface area contributed by atoms with E-state index in [0.29, 0.717) is 4.57 Å². The normalized spacial score (nSPS) is 11.2. The summed E-state index contributed by atoms with van der Waals surface area (Å²) in [6, 6.07) is 6.70. The number of phenolic OH excluding ortho intramolecular Hbond substituents is 1. The van der Waals surface area contributed by atoms with Crippen LogP contribution in [0.3, 0.4) is 0 Å². The van der Waals surface area contributed by atoms with Crippen LogP contribution in [0, 0.1) is 11.3 Å². The summed E-state index contributed by atoms with van der Waals surface area (Å²) in [4.78, 5) is 12.2. The standard InChI is InChI=1S/C16H13F3N2O3/c1-3-24-15(23)13-12(9-4-6-10(22)7-5-9)11(8-20)14(21(13)2)16(17,18)19/h4-7,22H,3H2,1-2H3. The summed E-state index contributed by atoms with van der Waals surface area (Å²) in [5.74, 6) is -1.06. The summed E-state index contributed by atoms with van der Waals surface area (Å²) in [6.07, 6.45) is -4.82. The summed E-state index contributed by atoms with van der Waals surface area (Å²) < 4.78 is 45.5. The fourth-order valence-corrected chi connectivity index (χ4v) is 2.47. The molecule has 0 amide bonds. The molecule has 5 nitrogen and oxygen atoms in total. The van der Waals surface area contributed by atoms with Gasteiger partial charge < -0.3 is 14.4 Å². The Kier molecular flexibility index (Phi) is 4.55. The lowest BCUT2D eigenvalue weighted by molar-refractivity contribution is -0.143. The topological polar surface area (TPSA) is 75.2 Å². The minimum Gasteiger partial charge on any atom is -0.508 e. The van der Waals surface area contributed by atoms with E-state index in [1.54, 1.807) is 0 Å². The molecule has 126 valence electrons. The van der Waals surface area contributed by atoms with E-state index in [1.165, 1.54) is 37.3 Å². The van der Waals surface area contributed by atoms with Gasteiger partial charge in [0.05, 0.1) is 12.2 Å². The van der Waals surface area contributed by atoms with Gasteiger partial charge >= 0.3 is 12.1 Å². The summed E-state index contributed by atoms with van der Waals surface area (Å²) in [5.41, 5.74) is -2.24. The first-order valence-electron chi connectivity index (χ1n) is 6.88. The van der Waals surface area contributed by atoms with E-state index in [0.717, 1.165) is 7.05 Å². The molecular weight excluding hydrogens is 325 g/mol. The number of halogens is 3. The van der Waals surface area contributed by atoms with E-state index in [9.17, 15) is 28.3 Å². The second-order valence-corrected chi connectivity index (χ2v) is 4.88. The number of carbonyl (C=O) groups excluding carboxylic acids is 1. The first-order chi connectivity index (χ1) is 11.2. The van der Waals surface area contributed by atoms with E-state index in [2.05, 4.69) is 0 Å². The van der Waals surface area contributed by atoms with Crippen LogP contribution in [0.4, 0.5) is 13.2 Å². The van der Waals surface area contributed by atoms with Gasteiger partial charge in [0.1, 0.15) is 23.2 Å². The Morgan fingerprint density at radius 2 is 1.92 bits per heavy atom. The van der Waals surface area contributed by atoms with Gasteiger partial charge in [-0.15, -0.1) is 0 Å². The number of aromatic hydroxyl groups is 1. The number of carbonyl (C=O) groups is 1. The molecular formula is C16H13F3N2O3. The van der Waals surface area contributed by atoms with Crippen LogP contribution in [0.1, 0.15) is 28.7 Å². The quantitative estimate of drug-likeness (QED) is 0.870. The number of esters is 1. The minimum atomic E-state index is -4.82. The molecule has 0 bridgehead atoms. The van der Waals surface area contributed by atoms with Crippen molar-refractivity contribution in [3.63, 3.8) is 0 Å². The third-order valence-corrected chi connectivity index (χ3v) is 3.40. The Hall–Kier alpha value is -2.95. The van der Waals surface area contributed by atoms with Crippen molar-refractivity contribution in [2.75, 3.05) is 6.61 Å². The first-order valence-corrected chi connectivity index (χ1v) is 6.88. The molecule has 24 heavy (non-hydrogen) atoms. The average Bonchev–Trinajstić information content (AvgIpc) is 2.80. The number of benzene rings is 1. The highest BCUT2D eigenvalue weighted by molar-refractivity contribution is 5.98. The van der Waals surface area contributed by atoms with Gasteiger partial charge in [-0.2, -0.15) is 18.4 Å². The van der Waals surface area contributed by atoms with E-state index >= 15 is 0 Å². The SMILES string of the molecule is CCOC(=O)c1c(-c2ccc(O)cc2)c(C#N)c(C(F)(F)F)n1C. The Morgan fingerprint density at radius 1 is 1.33 bits per heavy atom. The van der Waals surface area contributed by atoms with Crippen molar-refractivity contribution in [2.24, 2.45) is 7.05 Å². The molecule has 0 saturated carbocycles. The van der Waals surface area contributed by atoms with Crippen molar-refractivity contribution >= 4 is 5.97 Å². The van der Waals surface area contributed by atoms with Crippen LogP contribution in [0.2, 0.25) is 0 Å². The van der Waals surface area contributed by atoms with E-state index in [4.69, 9.17) is 4.74 Å². The zero-order valence-electron chi connectivity index (χ0n) is 12.8. The molecule has 1 N–H and O–H groups in total. The number of alkyl halides is 3. The molecule has 8 heteroatoms. The Labute approximate surface area is 135 Å². The highest BCUT2D eigenvalue weighted by atomic mass is 19.4. The number of rotatable bonds is 3.